The molecule has 2 aromatic heterocycles. The second-order valence-corrected chi connectivity index (χ2v) is 5.42. The Bertz CT molecular complexity index is 725. The molecule has 5 heteroatoms. The van der Waals surface area contributed by atoms with Crippen molar-refractivity contribution in [3.8, 4) is 5.75 Å². The Kier molecular flexibility index (Phi) is 4.06. The Balaban J connectivity index is 1.81. The van der Waals surface area contributed by atoms with Gasteiger partial charge in [-0.25, -0.2) is 4.98 Å². The van der Waals surface area contributed by atoms with Gasteiger partial charge in [-0.2, -0.15) is 0 Å². The van der Waals surface area contributed by atoms with Crippen LogP contribution in [0.5, 0.6) is 5.75 Å². The molecule has 0 N–H and O–H groups in total. The van der Waals surface area contributed by atoms with Crippen LogP contribution in [0.25, 0.3) is 11.0 Å². The quantitative estimate of drug-likeness (QED) is 0.673. The van der Waals surface area contributed by atoms with E-state index in [2.05, 4.69) is 14.5 Å². The van der Waals surface area contributed by atoms with Gasteiger partial charge in [0.15, 0.2) is 0 Å². The third-order valence-electron chi connectivity index (χ3n) is 3.26. The van der Waals surface area contributed by atoms with Gasteiger partial charge in [0, 0.05) is 6.20 Å². The van der Waals surface area contributed by atoms with Gasteiger partial charge in [0.2, 0.25) is 0 Å². The molecule has 0 radical (unpaired) electrons. The summed E-state index contributed by atoms with van der Waals surface area (Å²) in [5.41, 5.74) is 1.89. The van der Waals surface area contributed by atoms with Crippen LogP contribution in [0.15, 0.2) is 48.8 Å². The molecular formula is C16H16ClN3O. The average Bonchev–Trinajstić information content (AvgIpc) is 2.88. The fourth-order valence-electron chi connectivity index (χ4n) is 2.31. The number of imidazole rings is 1. The molecule has 0 aliphatic rings. The van der Waals surface area contributed by atoms with Crippen LogP contribution < -0.4 is 4.74 Å². The molecule has 3 rings (SSSR count). The Morgan fingerprint density at radius 2 is 2.05 bits per heavy atom. The average molecular weight is 302 g/mol. The Morgan fingerprint density at radius 1 is 1.24 bits per heavy atom. The van der Waals surface area contributed by atoms with E-state index in [9.17, 15) is 0 Å². The first-order valence-corrected chi connectivity index (χ1v) is 7.31. The summed E-state index contributed by atoms with van der Waals surface area (Å²) in [5.74, 6) is 1.71. The van der Waals surface area contributed by atoms with Gasteiger partial charge >= 0.3 is 0 Å². The van der Waals surface area contributed by atoms with Crippen molar-refractivity contribution in [2.45, 2.75) is 18.8 Å². The minimum Gasteiger partial charge on any atom is -0.492 e. The van der Waals surface area contributed by atoms with Gasteiger partial charge in [-0.1, -0.05) is 18.2 Å². The summed E-state index contributed by atoms with van der Waals surface area (Å²) >= 11 is 6.23. The molecule has 0 saturated carbocycles. The molecule has 0 spiro atoms. The number of para-hydroxylation sites is 1. The van der Waals surface area contributed by atoms with Crippen molar-refractivity contribution in [3.05, 3.63) is 54.6 Å². The summed E-state index contributed by atoms with van der Waals surface area (Å²) in [4.78, 5) is 8.66. The molecule has 4 nitrogen and oxygen atoms in total. The Morgan fingerprint density at radius 3 is 2.81 bits per heavy atom. The zero-order valence-corrected chi connectivity index (χ0v) is 12.5. The predicted molar refractivity (Wildman–Crippen MR) is 83.7 cm³/mol. The molecule has 0 saturated heterocycles. The van der Waals surface area contributed by atoms with E-state index >= 15 is 0 Å². The molecular weight excluding hydrogens is 286 g/mol. The smallest absolute Gasteiger partial charge is 0.127 e. The van der Waals surface area contributed by atoms with Crippen molar-refractivity contribution in [3.63, 3.8) is 0 Å². The molecule has 0 aliphatic carbocycles. The Hall–Kier alpha value is -2.07. The Labute approximate surface area is 128 Å². The number of rotatable bonds is 5. The number of halogens is 1. The third-order valence-corrected chi connectivity index (χ3v) is 3.46. The molecule has 0 amide bonds. The lowest BCUT2D eigenvalue weighted by Gasteiger charge is -2.11. The summed E-state index contributed by atoms with van der Waals surface area (Å²) in [6, 6.07) is 11.7. The monoisotopic (exact) mass is 301 g/mol. The van der Waals surface area contributed by atoms with E-state index in [1.807, 2.05) is 43.3 Å². The molecule has 21 heavy (non-hydrogen) atoms. The topological polar surface area (TPSA) is 39.9 Å². The van der Waals surface area contributed by atoms with Crippen molar-refractivity contribution >= 4 is 22.6 Å². The van der Waals surface area contributed by atoms with Crippen LogP contribution in [0.2, 0.25) is 0 Å². The molecule has 0 bridgehead atoms. The van der Waals surface area contributed by atoms with Gasteiger partial charge in [0.25, 0.3) is 0 Å². The van der Waals surface area contributed by atoms with E-state index in [1.54, 1.807) is 12.4 Å². The van der Waals surface area contributed by atoms with Crippen molar-refractivity contribution in [1.29, 1.82) is 0 Å². The van der Waals surface area contributed by atoms with Crippen LogP contribution >= 0.6 is 11.6 Å². The number of alkyl halides is 1. The number of pyridine rings is 1. The van der Waals surface area contributed by atoms with Gasteiger partial charge < -0.3 is 9.30 Å². The minimum atomic E-state index is -0.158. The summed E-state index contributed by atoms with van der Waals surface area (Å²) in [6.45, 7) is 3.18. The van der Waals surface area contributed by atoms with E-state index in [-0.39, 0.29) is 5.38 Å². The van der Waals surface area contributed by atoms with Crippen molar-refractivity contribution in [2.24, 2.45) is 0 Å². The number of nitrogens with zero attached hydrogens (tertiary/aromatic N) is 3. The first-order chi connectivity index (χ1) is 10.3. The van der Waals surface area contributed by atoms with Crippen LogP contribution in [0.3, 0.4) is 0 Å². The largest absolute Gasteiger partial charge is 0.492 e. The SMILES string of the molecule is CC(Cl)c1nc2cnccc2n1CCOc1ccccc1. The molecule has 1 aromatic carbocycles. The van der Waals surface area contributed by atoms with E-state index in [4.69, 9.17) is 16.3 Å². The highest BCUT2D eigenvalue weighted by Gasteiger charge is 2.14. The highest BCUT2D eigenvalue weighted by atomic mass is 35.5. The number of ether oxygens (including phenoxy) is 1. The lowest BCUT2D eigenvalue weighted by Crippen LogP contribution is -2.11. The van der Waals surface area contributed by atoms with Gasteiger partial charge in [0.05, 0.1) is 23.6 Å². The van der Waals surface area contributed by atoms with E-state index in [1.165, 1.54) is 0 Å². The van der Waals surface area contributed by atoms with Crippen molar-refractivity contribution < 1.29 is 4.74 Å². The number of aromatic nitrogens is 3. The highest BCUT2D eigenvalue weighted by molar-refractivity contribution is 6.20. The summed E-state index contributed by atoms with van der Waals surface area (Å²) in [6.07, 6.45) is 3.52. The van der Waals surface area contributed by atoms with Crippen LogP contribution in [0, 0.1) is 0 Å². The molecule has 2 heterocycles. The fourth-order valence-corrected chi connectivity index (χ4v) is 2.48. The zero-order valence-electron chi connectivity index (χ0n) is 11.7. The van der Waals surface area contributed by atoms with Crippen LogP contribution in [0.4, 0.5) is 0 Å². The van der Waals surface area contributed by atoms with Crippen LogP contribution in [0.1, 0.15) is 18.1 Å². The fraction of sp³-hybridized carbons (Fsp3) is 0.250. The van der Waals surface area contributed by atoms with Crippen LogP contribution in [-0.2, 0) is 6.54 Å². The molecule has 3 aromatic rings. The van der Waals surface area contributed by atoms with Gasteiger partial charge in [-0.15, -0.1) is 11.6 Å². The number of hydrogen-bond donors (Lipinski definition) is 0. The predicted octanol–water partition coefficient (Wildman–Crippen LogP) is 3.81. The molecule has 108 valence electrons. The van der Waals surface area contributed by atoms with Gasteiger partial charge in [0.1, 0.15) is 23.7 Å². The maximum Gasteiger partial charge on any atom is 0.127 e. The molecule has 1 atom stereocenters. The summed E-state index contributed by atoms with van der Waals surface area (Å²) in [7, 11) is 0. The second-order valence-electron chi connectivity index (χ2n) is 4.76. The van der Waals surface area contributed by atoms with Crippen molar-refractivity contribution in [2.75, 3.05) is 6.61 Å². The first-order valence-electron chi connectivity index (χ1n) is 6.88. The minimum absolute atomic E-state index is 0.158. The van der Waals surface area contributed by atoms with E-state index < -0.39 is 0 Å². The van der Waals surface area contributed by atoms with E-state index in [0.29, 0.717) is 13.2 Å². The summed E-state index contributed by atoms with van der Waals surface area (Å²) < 4.78 is 7.85. The maximum absolute atomic E-state index is 6.23. The first kappa shape index (κ1) is 13.9. The van der Waals surface area contributed by atoms with Crippen molar-refractivity contribution in [1.82, 2.24) is 14.5 Å². The van der Waals surface area contributed by atoms with E-state index in [0.717, 1.165) is 22.6 Å². The van der Waals surface area contributed by atoms with Gasteiger partial charge in [-0.05, 0) is 25.1 Å². The normalized spacial score (nSPS) is 12.5. The van der Waals surface area contributed by atoms with Crippen LogP contribution in [-0.4, -0.2) is 21.1 Å². The number of benzene rings is 1. The third kappa shape index (κ3) is 3.00. The number of hydrogen-bond acceptors (Lipinski definition) is 3. The van der Waals surface area contributed by atoms with Gasteiger partial charge in [-0.3, -0.25) is 4.98 Å². The molecule has 0 aliphatic heterocycles. The molecule has 1 unspecified atom stereocenters. The highest BCUT2D eigenvalue weighted by Crippen LogP contribution is 2.24. The summed E-state index contributed by atoms with van der Waals surface area (Å²) in [5, 5.41) is -0.158. The lowest BCUT2D eigenvalue weighted by molar-refractivity contribution is 0.298. The maximum atomic E-state index is 6.23. The second kappa shape index (κ2) is 6.14. The zero-order chi connectivity index (χ0) is 14.7. The standard InChI is InChI=1S/C16H16ClN3O/c1-12(17)16-19-14-11-18-8-7-15(14)20(16)9-10-21-13-5-3-2-4-6-13/h2-8,11-12H,9-10H2,1H3. The molecule has 0 fully saturated rings. The lowest BCUT2D eigenvalue weighted by atomic mass is 10.3. The number of fused-ring (bicyclic) bond motifs is 1.